The molecular formula is C22H33ClN6O6. The normalized spacial score (nSPS) is 15.1. The fraction of sp³-hybridized carbons (Fsp3) is 0.591. The van der Waals surface area contributed by atoms with E-state index in [1.54, 1.807) is 16.5 Å². The maximum atomic E-state index is 12.4. The Morgan fingerprint density at radius 1 is 1.31 bits per heavy atom. The van der Waals surface area contributed by atoms with Gasteiger partial charge >= 0.3 is 6.09 Å². The first-order chi connectivity index (χ1) is 16.1. The molecule has 0 unspecified atom stereocenters. The van der Waals surface area contributed by atoms with Crippen molar-refractivity contribution in [2.75, 3.05) is 26.8 Å². The maximum Gasteiger partial charge on any atom is 0.410 e. The van der Waals surface area contributed by atoms with Crippen LogP contribution in [-0.4, -0.2) is 74.9 Å². The summed E-state index contributed by atoms with van der Waals surface area (Å²) in [6.45, 7) is 6.88. The smallest absolute Gasteiger partial charge is 0.410 e. The molecule has 1 aliphatic heterocycles. The van der Waals surface area contributed by atoms with Gasteiger partial charge in [-0.3, -0.25) is 9.59 Å². The van der Waals surface area contributed by atoms with Crippen molar-refractivity contribution < 1.29 is 24.3 Å². The van der Waals surface area contributed by atoms with E-state index in [1.165, 1.54) is 12.3 Å². The Balaban J connectivity index is 0.00000432. The second kappa shape index (κ2) is 12.0. The average Bonchev–Trinajstić information content (AvgIpc) is 3.19. The first-order valence-corrected chi connectivity index (χ1v) is 11.2. The van der Waals surface area contributed by atoms with Gasteiger partial charge in [0.15, 0.2) is 5.84 Å². The van der Waals surface area contributed by atoms with Crippen molar-refractivity contribution in [1.82, 2.24) is 24.8 Å². The lowest BCUT2D eigenvalue weighted by Crippen LogP contribution is -2.41. The molecule has 1 fully saturated rings. The summed E-state index contributed by atoms with van der Waals surface area (Å²) in [5, 5.41) is 19.6. The lowest BCUT2D eigenvalue weighted by atomic mass is 9.93. The fourth-order valence-electron chi connectivity index (χ4n) is 3.88. The Morgan fingerprint density at radius 2 is 2.00 bits per heavy atom. The van der Waals surface area contributed by atoms with Gasteiger partial charge in [-0.05, 0) is 40.0 Å². The Hall–Kier alpha value is -3.12. The molecule has 13 heteroatoms. The van der Waals surface area contributed by atoms with E-state index in [0.717, 1.165) is 0 Å². The molecule has 2 aromatic heterocycles. The van der Waals surface area contributed by atoms with Gasteiger partial charge in [0.2, 0.25) is 5.91 Å². The molecule has 3 rings (SSSR count). The largest absolute Gasteiger partial charge is 0.444 e. The second-order valence-corrected chi connectivity index (χ2v) is 9.21. The number of carbonyl (C=O) groups excluding carboxylic acids is 2. The van der Waals surface area contributed by atoms with E-state index >= 15 is 0 Å². The number of methoxy groups -OCH3 is 1. The molecule has 3 N–H and O–H groups in total. The highest BCUT2D eigenvalue weighted by Crippen LogP contribution is 2.28. The molecule has 0 bridgehead atoms. The number of likely N-dealkylation sites (tertiary alicyclic amines) is 1. The van der Waals surface area contributed by atoms with E-state index in [-0.39, 0.29) is 53.7 Å². The number of nitrogens with zero attached hydrogens (tertiary/aromatic N) is 4. The van der Waals surface area contributed by atoms with Crippen LogP contribution in [0.2, 0.25) is 0 Å². The van der Waals surface area contributed by atoms with E-state index in [4.69, 9.17) is 9.47 Å². The average molecular weight is 513 g/mol. The van der Waals surface area contributed by atoms with Crippen LogP contribution in [0, 0.1) is 0 Å². The van der Waals surface area contributed by atoms with Gasteiger partial charge in [-0.2, -0.15) is 5.10 Å². The number of amidine groups is 1. The zero-order valence-corrected chi connectivity index (χ0v) is 21.2. The number of hydrogen-bond donors (Lipinski definition) is 3. The van der Waals surface area contributed by atoms with Crippen LogP contribution in [0.15, 0.2) is 22.2 Å². The van der Waals surface area contributed by atoms with Crippen molar-refractivity contribution >= 4 is 35.9 Å². The zero-order chi connectivity index (χ0) is 24.9. The lowest BCUT2D eigenvalue weighted by Gasteiger charge is -2.33. The van der Waals surface area contributed by atoms with Crippen LogP contribution in [0.5, 0.6) is 0 Å². The third kappa shape index (κ3) is 7.18. The molecule has 35 heavy (non-hydrogen) atoms. The molecule has 0 saturated carbocycles. The van der Waals surface area contributed by atoms with E-state index in [1.807, 2.05) is 20.8 Å². The quantitative estimate of drug-likeness (QED) is 0.176. The summed E-state index contributed by atoms with van der Waals surface area (Å²) in [5.74, 6) is -0.475. The molecule has 0 atom stereocenters. The Bertz CT molecular complexity index is 1110. The number of fused-ring (bicyclic) bond motifs is 1. The van der Waals surface area contributed by atoms with Gasteiger partial charge in [0.25, 0.3) is 5.56 Å². The van der Waals surface area contributed by atoms with Crippen molar-refractivity contribution in [3.05, 3.63) is 33.9 Å². The number of H-pyrrole nitrogens is 1. The molecule has 194 valence electrons. The number of aromatic nitrogens is 3. The third-order valence-corrected chi connectivity index (χ3v) is 5.46. The van der Waals surface area contributed by atoms with Gasteiger partial charge in [-0.15, -0.1) is 12.4 Å². The van der Waals surface area contributed by atoms with Crippen LogP contribution >= 0.6 is 12.4 Å². The molecule has 1 aliphatic rings. The number of ether oxygens (including phenoxy) is 2. The second-order valence-electron chi connectivity index (χ2n) is 9.21. The van der Waals surface area contributed by atoms with Gasteiger partial charge in [0.05, 0.1) is 17.5 Å². The predicted molar refractivity (Wildman–Crippen MR) is 130 cm³/mol. The van der Waals surface area contributed by atoms with Gasteiger partial charge < -0.3 is 29.9 Å². The van der Waals surface area contributed by atoms with Gasteiger partial charge in [0.1, 0.15) is 11.2 Å². The number of carbonyl (C=O) groups is 2. The van der Waals surface area contributed by atoms with Crippen molar-refractivity contribution in [2.24, 2.45) is 5.16 Å². The van der Waals surface area contributed by atoms with Gasteiger partial charge in [0, 0.05) is 45.2 Å². The molecule has 2 aromatic rings. The Labute approximate surface area is 209 Å². The molecule has 2 amide bonds. The van der Waals surface area contributed by atoms with Crippen molar-refractivity contribution in [3.63, 3.8) is 0 Å². The van der Waals surface area contributed by atoms with Crippen molar-refractivity contribution in [3.8, 4) is 0 Å². The summed E-state index contributed by atoms with van der Waals surface area (Å²) < 4.78 is 12.0. The first kappa shape index (κ1) is 28.1. The molecule has 1 saturated heterocycles. The number of halogens is 1. The number of aromatic amines is 1. The standard InChI is InChI=1S/C22H32N6O6.ClH/c1-22(2,3)34-21(31)27-9-7-14(8-10-27)16-12-18(30)25-20-15(13-23-28(16)20)19(26-32)24-17(29)6-5-11-33-4;/h12-14,32H,5-11H2,1-4H3,(H,25,30)(H,24,26,29);1H. The summed E-state index contributed by atoms with van der Waals surface area (Å²) in [5.41, 5.74) is 0.360. The van der Waals surface area contributed by atoms with Crippen molar-refractivity contribution in [1.29, 1.82) is 0 Å². The molecule has 0 spiro atoms. The topological polar surface area (TPSA) is 151 Å². The predicted octanol–water partition coefficient (Wildman–Crippen LogP) is 2.24. The highest BCUT2D eigenvalue weighted by Gasteiger charge is 2.29. The molecule has 3 heterocycles. The van der Waals surface area contributed by atoms with Gasteiger partial charge in [-0.25, -0.2) is 9.31 Å². The fourth-order valence-corrected chi connectivity index (χ4v) is 3.88. The van der Waals surface area contributed by atoms with Crippen LogP contribution in [0.25, 0.3) is 5.65 Å². The molecule has 0 aliphatic carbocycles. The van der Waals surface area contributed by atoms with Crippen LogP contribution in [0.3, 0.4) is 0 Å². The van der Waals surface area contributed by atoms with Crippen LogP contribution in [0.1, 0.15) is 63.6 Å². The van der Waals surface area contributed by atoms with Crippen LogP contribution < -0.4 is 10.9 Å². The monoisotopic (exact) mass is 512 g/mol. The van der Waals surface area contributed by atoms with E-state index in [0.29, 0.717) is 50.3 Å². The van der Waals surface area contributed by atoms with E-state index in [2.05, 4.69) is 20.6 Å². The first-order valence-electron chi connectivity index (χ1n) is 11.2. The Morgan fingerprint density at radius 3 is 2.60 bits per heavy atom. The minimum Gasteiger partial charge on any atom is -0.444 e. The number of nitrogens with one attached hydrogen (secondary N) is 2. The molecule has 0 radical (unpaired) electrons. The molecule has 0 aromatic carbocycles. The summed E-state index contributed by atoms with van der Waals surface area (Å²) in [4.78, 5) is 41.4. The lowest BCUT2D eigenvalue weighted by molar-refractivity contribution is -0.120. The number of amides is 2. The molecule has 12 nitrogen and oxygen atoms in total. The van der Waals surface area contributed by atoms with Crippen LogP contribution in [-0.2, 0) is 14.3 Å². The number of hydrogen-bond acceptors (Lipinski definition) is 8. The van der Waals surface area contributed by atoms with Gasteiger partial charge in [-0.1, -0.05) is 5.16 Å². The summed E-state index contributed by atoms with van der Waals surface area (Å²) in [6.07, 6.45) is 3.03. The minimum absolute atomic E-state index is 0. The highest BCUT2D eigenvalue weighted by molar-refractivity contribution is 6.10. The number of oxime groups is 1. The van der Waals surface area contributed by atoms with E-state index < -0.39 is 5.60 Å². The maximum absolute atomic E-state index is 12.4. The summed E-state index contributed by atoms with van der Waals surface area (Å²) in [6, 6.07) is 1.48. The van der Waals surface area contributed by atoms with Crippen molar-refractivity contribution in [2.45, 2.75) is 58.0 Å². The molecular weight excluding hydrogens is 480 g/mol. The zero-order valence-electron chi connectivity index (χ0n) is 20.4. The third-order valence-electron chi connectivity index (χ3n) is 5.46. The minimum atomic E-state index is -0.566. The number of rotatable bonds is 6. The summed E-state index contributed by atoms with van der Waals surface area (Å²) in [7, 11) is 1.55. The van der Waals surface area contributed by atoms with E-state index in [9.17, 15) is 19.6 Å². The SMILES string of the molecule is COCCCC(=O)N/C(=N/O)c1cnn2c(C3CCN(C(=O)OC(C)(C)C)CC3)cc(=O)[nH]c12.Cl. The van der Waals surface area contributed by atoms with Crippen LogP contribution in [0.4, 0.5) is 4.79 Å². The highest BCUT2D eigenvalue weighted by atomic mass is 35.5. The summed E-state index contributed by atoms with van der Waals surface area (Å²) >= 11 is 0. The number of piperidine rings is 1. The Kier molecular flexibility index (Phi) is 9.66.